The Kier molecular flexibility index (Phi) is 9.30. The zero-order valence-corrected chi connectivity index (χ0v) is 23.8. The summed E-state index contributed by atoms with van der Waals surface area (Å²) in [5.74, 6) is -0.723. The molecule has 1 fully saturated rings. The summed E-state index contributed by atoms with van der Waals surface area (Å²) >= 11 is 6.00. The summed E-state index contributed by atoms with van der Waals surface area (Å²) in [6, 6.07) is 21.5. The molecule has 7 nitrogen and oxygen atoms in total. The molecule has 0 spiro atoms. The van der Waals surface area contributed by atoms with Crippen LogP contribution in [0.1, 0.15) is 43.7 Å². The molecule has 1 atom stereocenters. The molecule has 1 saturated carbocycles. The summed E-state index contributed by atoms with van der Waals surface area (Å²) in [5.41, 5.74) is 2.15. The highest BCUT2D eigenvalue weighted by Gasteiger charge is 2.33. The molecule has 0 aliphatic heterocycles. The molecule has 39 heavy (non-hydrogen) atoms. The van der Waals surface area contributed by atoms with Gasteiger partial charge in [0, 0.05) is 17.6 Å². The van der Waals surface area contributed by atoms with Gasteiger partial charge in [-0.05, 0) is 68.7 Å². The van der Waals surface area contributed by atoms with Crippen molar-refractivity contribution >= 4 is 39.1 Å². The van der Waals surface area contributed by atoms with Crippen LogP contribution in [0.5, 0.6) is 0 Å². The van der Waals surface area contributed by atoms with Crippen LogP contribution >= 0.6 is 11.6 Å². The van der Waals surface area contributed by atoms with Crippen LogP contribution in [-0.4, -0.2) is 43.8 Å². The zero-order valence-electron chi connectivity index (χ0n) is 22.2. The van der Waals surface area contributed by atoms with Crippen LogP contribution in [0.4, 0.5) is 5.69 Å². The number of sulfonamides is 1. The van der Waals surface area contributed by atoms with Crippen molar-refractivity contribution in [2.24, 2.45) is 0 Å². The van der Waals surface area contributed by atoms with Gasteiger partial charge in [0.1, 0.15) is 12.6 Å². The molecule has 0 saturated heterocycles. The van der Waals surface area contributed by atoms with Gasteiger partial charge in [0.05, 0.1) is 10.6 Å². The molecule has 206 valence electrons. The quantitative estimate of drug-likeness (QED) is 0.359. The Balaban J connectivity index is 1.66. The van der Waals surface area contributed by atoms with Crippen molar-refractivity contribution in [1.29, 1.82) is 0 Å². The Hall–Kier alpha value is -3.36. The zero-order chi connectivity index (χ0) is 28.0. The fourth-order valence-corrected chi connectivity index (χ4v) is 6.27. The lowest BCUT2D eigenvalue weighted by atomic mass is 10.1. The van der Waals surface area contributed by atoms with E-state index in [0.29, 0.717) is 10.7 Å². The number of nitrogens with one attached hydrogen (secondary N) is 1. The maximum Gasteiger partial charge on any atom is 0.264 e. The average molecular weight is 568 g/mol. The fraction of sp³-hybridized carbons (Fsp3) is 0.333. The largest absolute Gasteiger partial charge is 0.352 e. The fourth-order valence-electron chi connectivity index (χ4n) is 4.73. The van der Waals surface area contributed by atoms with E-state index in [2.05, 4.69) is 5.32 Å². The van der Waals surface area contributed by atoms with Gasteiger partial charge in [0.25, 0.3) is 10.0 Å². The minimum absolute atomic E-state index is 0.0157. The van der Waals surface area contributed by atoms with Gasteiger partial charge in [-0.15, -0.1) is 0 Å². The first kappa shape index (κ1) is 28.6. The average Bonchev–Trinajstić information content (AvgIpc) is 3.44. The van der Waals surface area contributed by atoms with E-state index in [0.717, 1.165) is 41.1 Å². The highest BCUT2D eigenvalue weighted by atomic mass is 35.5. The second-order valence-corrected chi connectivity index (χ2v) is 12.3. The Labute approximate surface area is 235 Å². The van der Waals surface area contributed by atoms with Crippen molar-refractivity contribution in [1.82, 2.24) is 10.2 Å². The van der Waals surface area contributed by atoms with Crippen LogP contribution in [0.15, 0.2) is 83.8 Å². The van der Waals surface area contributed by atoms with Crippen LogP contribution in [-0.2, 0) is 26.2 Å². The van der Waals surface area contributed by atoms with E-state index in [4.69, 9.17) is 11.6 Å². The molecule has 2 amide bonds. The molecule has 3 aromatic rings. The molecule has 1 aliphatic rings. The summed E-state index contributed by atoms with van der Waals surface area (Å²) in [5, 5.41) is 3.48. The number of benzene rings is 3. The second kappa shape index (κ2) is 12.7. The Morgan fingerprint density at radius 1 is 0.949 bits per heavy atom. The Bertz CT molecular complexity index is 1370. The number of carbonyl (C=O) groups excluding carboxylic acids is 2. The number of carbonyl (C=O) groups is 2. The van der Waals surface area contributed by atoms with E-state index in [-0.39, 0.29) is 23.4 Å². The summed E-state index contributed by atoms with van der Waals surface area (Å²) in [7, 11) is -4.12. The summed E-state index contributed by atoms with van der Waals surface area (Å²) < 4.78 is 28.7. The molecule has 1 aliphatic carbocycles. The van der Waals surface area contributed by atoms with Gasteiger partial charge < -0.3 is 10.2 Å². The van der Waals surface area contributed by atoms with Gasteiger partial charge in [-0.25, -0.2) is 8.42 Å². The van der Waals surface area contributed by atoms with E-state index in [1.165, 1.54) is 29.2 Å². The topological polar surface area (TPSA) is 86.8 Å². The highest BCUT2D eigenvalue weighted by molar-refractivity contribution is 7.92. The van der Waals surface area contributed by atoms with Gasteiger partial charge >= 0.3 is 0 Å². The maximum atomic E-state index is 13.9. The molecular formula is C30H34ClN3O4S. The maximum absolute atomic E-state index is 13.9. The molecular weight excluding hydrogens is 534 g/mol. The van der Waals surface area contributed by atoms with Crippen LogP contribution in [0.3, 0.4) is 0 Å². The van der Waals surface area contributed by atoms with E-state index in [1.807, 2.05) is 37.3 Å². The number of aryl methyl sites for hydroxylation is 1. The second-order valence-electron chi connectivity index (χ2n) is 9.97. The van der Waals surface area contributed by atoms with Gasteiger partial charge in [-0.2, -0.15) is 0 Å². The van der Waals surface area contributed by atoms with Crippen LogP contribution < -0.4 is 9.62 Å². The number of rotatable bonds is 10. The minimum Gasteiger partial charge on any atom is -0.352 e. The van der Waals surface area contributed by atoms with Gasteiger partial charge in [-0.1, -0.05) is 72.5 Å². The third-order valence-corrected chi connectivity index (χ3v) is 9.11. The number of nitrogens with zero attached hydrogens (tertiary/aromatic N) is 2. The molecule has 0 aromatic heterocycles. The molecule has 9 heteroatoms. The van der Waals surface area contributed by atoms with Crippen molar-refractivity contribution in [3.8, 4) is 0 Å². The third-order valence-electron chi connectivity index (χ3n) is 7.07. The van der Waals surface area contributed by atoms with E-state index in [1.54, 1.807) is 31.2 Å². The SMILES string of the molecule is Cc1ccc(N(CC(=O)N(Cc2ccccc2)[C@@H](C)C(=O)NC2CCCC2)S(=O)(=O)c2ccc(Cl)cc2)cc1. The molecule has 3 aromatic carbocycles. The standard InChI is InChI=1S/C30H34ClN3O4S/c1-22-12-16-27(17-13-22)34(39(37,38)28-18-14-25(31)15-19-28)21-29(35)33(20-24-8-4-3-5-9-24)23(2)30(36)32-26-10-6-7-11-26/h3-5,8-9,12-19,23,26H,6-7,10-11,20-21H2,1-2H3,(H,32,36)/t23-/m0/s1. The first-order valence-electron chi connectivity index (χ1n) is 13.1. The normalized spacial score (nSPS) is 14.5. The van der Waals surface area contributed by atoms with Crippen molar-refractivity contribution < 1.29 is 18.0 Å². The lowest BCUT2D eigenvalue weighted by molar-refractivity contribution is -0.139. The summed E-state index contributed by atoms with van der Waals surface area (Å²) in [4.78, 5) is 28.6. The van der Waals surface area contributed by atoms with Crippen LogP contribution in [0.2, 0.25) is 5.02 Å². The summed E-state index contributed by atoms with van der Waals surface area (Å²) in [6.07, 6.45) is 3.98. The van der Waals surface area contributed by atoms with Gasteiger partial charge in [0.15, 0.2) is 0 Å². The Morgan fingerprint density at radius 3 is 2.18 bits per heavy atom. The van der Waals surface area contributed by atoms with E-state index < -0.39 is 28.5 Å². The lowest BCUT2D eigenvalue weighted by Crippen LogP contribution is -2.52. The third kappa shape index (κ3) is 7.19. The summed E-state index contributed by atoms with van der Waals surface area (Å²) in [6.45, 7) is 3.29. The lowest BCUT2D eigenvalue weighted by Gasteiger charge is -2.32. The molecule has 0 unspecified atom stereocenters. The number of hydrogen-bond acceptors (Lipinski definition) is 4. The predicted molar refractivity (Wildman–Crippen MR) is 154 cm³/mol. The van der Waals surface area contributed by atoms with Crippen LogP contribution in [0.25, 0.3) is 0 Å². The van der Waals surface area contributed by atoms with Crippen molar-refractivity contribution in [3.05, 3.63) is 95.0 Å². The first-order valence-corrected chi connectivity index (χ1v) is 15.0. The highest BCUT2D eigenvalue weighted by Crippen LogP contribution is 2.26. The van der Waals surface area contributed by atoms with E-state index in [9.17, 15) is 18.0 Å². The predicted octanol–water partition coefficient (Wildman–Crippen LogP) is 5.32. The van der Waals surface area contributed by atoms with E-state index >= 15 is 0 Å². The monoisotopic (exact) mass is 567 g/mol. The van der Waals surface area contributed by atoms with Gasteiger partial charge in [0.2, 0.25) is 11.8 Å². The first-order chi connectivity index (χ1) is 18.6. The molecule has 4 rings (SSSR count). The molecule has 1 N–H and O–H groups in total. The number of anilines is 1. The van der Waals surface area contributed by atoms with Gasteiger partial charge in [-0.3, -0.25) is 13.9 Å². The smallest absolute Gasteiger partial charge is 0.264 e. The molecule has 0 radical (unpaired) electrons. The minimum atomic E-state index is -4.12. The Morgan fingerprint density at radius 2 is 1.56 bits per heavy atom. The van der Waals surface area contributed by atoms with Crippen molar-refractivity contribution in [3.63, 3.8) is 0 Å². The number of halogens is 1. The van der Waals surface area contributed by atoms with Crippen LogP contribution in [0, 0.1) is 6.92 Å². The number of hydrogen-bond donors (Lipinski definition) is 1. The number of amides is 2. The van der Waals surface area contributed by atoms with Crippen molar-refractivity contribution in [2.75, 3.05) is 10.8 Å². The molecule has 0 heterocycles. The van der Waals surface area contributed by atoms with Crippen molar-refractivity contribution in [2.45, 2.75) is 63.1 Å². The molecule has 0 bridgehead atoms.